The Balaban J connectivity index is 2.69. The average Bonchev–Trinajstić information content (AvgIpc) is 2.56. The summed E-state index contributed by atoms with van der Waals surface area (Å²) in [6.07, 6.45) is 3.55. The van der Waals surface area contributed by atoms with E-state index in [0.29, 0.717) is 12.0 Å². The Hall–Kier alpha value is -0.210. The van der Waals surface area contributed by atoms with E-state index < -0.39 is 0 Å². The molecule has 0 saturated heterocycles. The van der Waals surface area contributed by atoms with Crippen molar-refractivity contribution in [1.29, 1.82) is 0 Å². The molecule has 0 N–H and O–H groups in total. The maximum Gasteiger partial charge on any atom is 0.0817 e. The Kier molecular flexibility index (Phi) is 5.13. The normalized spacial score (nSPS) is 13.8. The van der Waals surface area contributed by atoms with Crippen molar-refractivity contribution in [2.24, 2.45) is 5.92 Å². The van der Waals surface area contributed by atoms with Crippen LogP contribution in [0.2, 0.25) is 5.02 Å². The lowest BCUT2D eigenvalue weighted by Gasteiger charge is -2.15. The third-order valence-corrected chi connectivity index (χ3v) is 3.76. The molecule has 2 nitrogen and oxygen atoms in total. The molecule has 4 heteroatoms. The fourth-order valence-electron chi connectivity index (χ4n) is 1.65. The van der Waals surface area contributed by atoms with Gasteiger partial charge in [0.05, 0.1) is 16.9 Å². The van der Waals surface area contributed by atoms with Crippen LogP contribution < -0.4 is 0 Å². The number of aromatic nitrogens is 2. The van der Waals surface area contributed by atoms with E-state index in [0.717, 1.165) is 23.6 Å². The Labute approximate surface area is 108 Å². The van der Waals surface area contributed by atoms with E-state index in [2.05, 4.69) is 32.8 Å². The molecule has 1 rings (SSSR count). The minimum atomic E-state index is 0.201. The highest BCUT2D eigenvalue weighted by atomic mass is 35.5. The molecule has 16 heavy (non-hydrogen) atoms. The third-order valence-electron chi connectivity index (χ3n) is 2.72. The second kappa shape index (κ2) is 5.92. The van der Waals surface area contributed by atoms with Crippen molar-refractivity contribution in [3.63, 3.8) is 0 Å². The number of hydrogen-bond acceptors (Lipinski definition) is 1. The maximum absolute atomic E-state index is 6.24. The summed E-state index contributed by atoms with van der Waals surface area (Å²) in [5.41, 5.74) is 1.10. The van der Waals surface area contributed by atoms with Crippen molar-refractivity contribution in [3.8, 4) is 0 Å². The van der Waals surface area contributed by atoms with Gasteiger partial charge < -0.3 is 0 Å². The van der Waals surface area contributed by atoms with Crippen molar-refractivity contribution in [2.45, 2.75) is 52.0 Å². The number of hydrogen-bond donors (Lipinski definition) is 0. The van der Waals surface area contributed by atoms with Gasteiger partial charge in [0.2, 0.25) is 0 Å². The molecule has 1 aromatic heterocycles. The Morgan fingerprint density at radius 2 is 1.94 bits per heavy atom. The van der Waals surface area contributed by atoms with Gasteiger partial charge in [-0.05, 0) is 32.6 Å². The van der Waals surface area contributed by atoms with Gasteiger partial charge in [0, 0.05) is 11.4 Å². The van der Waals surface area contributed by atoms with Crippen LogP contribution in [0.25, 0.3) is 0 Å². The monoisotopic (exact) mass is 262 g/mol. The zero-order valence-electron chi connectivity index (χ0n) is 10.4. The van der Waals surface area contributed by atoms with Crippen LogP contribution in [0.15, 0.2) is 6.20 Å². The van der Waals surface area contributed by atoms with Crippen molar-refractivity contribution < 1.29 is 0 Å². The summed E-state index contributed by atoms with van der Waals surface area (Å²) < 4.78 is 1.98. The zero-order valence-corrected chi connectivity index (χ0v) is 11.9. The predicted molar refractivity (Wildman–Crippen MR) is 70.4 cm³/mol. The van der Waals surface area contributed by atoms with Crippen LogP contribution in [-0.2, 0) is 6.42 Å². The van der Waals surface area contributed by atoms with Gasteiger partial charge in [0.15, 0.2) is 0 Å². The van der Waals surface area contributed by atoms with E-state index in [1.54, 1.807) is 6.20 Å². The van der Waals surface area contributed by atoms with Crippen molar-refractivity contribution in [2.75, 3.05) is 0 Å². The van der Waals surface area contributed by atoms with Gasteiger partial charge in [-0.2, -0.15) is 5.10 Å². The number of halogens is 2. The van der Waals surface area contributed by atoms with E-state index in [4.69, 9.17) is 23.2 Å². The van der Waals surface area contributed by atoms with E-state index in [-0.39, 0.29) is 5.38 Å². The molecule has 0 bridgehead atoms. The maximum atomic E-state index is 6.24. The second-order valence-electron chi connectivity index (χ2n) is 4.78. The highest BCUT2D eigenvalue weighted by Gasteiger charge is 2.15. The first kappa shape index (κ1) is 13.9. The Morgan fingerprint density at radius 1 is 1.31 bits per heavy atom. The van der Waals surface area contributed by atoms with E-state index in [9.17, 15) is 0 Å². The zero-order chi connectivity index (χ0) is 12.3. The minimum Gasteiger partial charge on any atom is -0.266 e. The lowest BCUT2D eigenvalue weighted by atomic mass is 10.0. The molecule has 0 fully saturated rings. The summed E-state index contributed by atoms with van der Waals surface area (Å²) in [4.78, 5) is 0. The first-order valence-electron chi connectivity index (χ1n) is 5.79. The topological polar surface area (TPSA) is 17.8 Å². The highest BCUT2D eigenvalue weighted by Crippen LogP contribution is 2.23. The van der Waals surface area contributed by atoms with E-state index in [1.807, 2.05) is 4.68 Å². The highest BCUT2D eigenvalue weighted by molar-refractivity contribution is 6.31. The molecule has 0 aliphatic rings. The molecule has 0 aliphatic heterocycles. The van der Waals surface area contributed by atoms with E-state index >= 15 is 0 Å². The number of alkyl halides is 1. The lowest BCUT2D eigenvalue weighted by Crippen LogP contribution is -2.12. The van der Waals surface area contributed by atoms with Crippen LogP contribution in [0.1, 0.15) is 45.9 Å². The quantitative estimate of drug-likeness (QED) is 0.723. The molecule has 0 spiro atoms. The van der Waals surface area contributed by atoms with Crippen LogP contribution >= 0.6 is 23.2 Å². The van der Waals surface area contributed by atoms with Crippen LogP contribution in [-0.4, -0.2) is 15.2 Å². The first-order chi connectivity index (χ1) is 7.43. The molecule has 92 valence electrons. The molecule has 0 amide bonds. The molecule has 1 atom stereocenters. The molecule has 0 radical (unpaired) electrons. The van der Waals surface area contributed by atoms with Gasteiger partial charge in [-0.25, -0.2) is 0 Å². The summed E-state index contributed by atoms with van der Waals surface area (Å²) in [5, 5.41) is 5.23. The van der Waals surface area contributed by atoms with E-state index in [1.165, 1.54) is 0 Å². The van der Waals surface area contributed by atoms with Gasteiger partial charge in [0.1, 0.15) is 0 Å². The minimum absolute atomic E-state index is 0.201. The molecule has 1 heterocycles. The largest absolute Gasteiger partial charge is 0.266 e. The van der Waals surface area contributed by atoms with Gasteiger partial charge >= 0.3 is 0 Å². The van der Waals surface area contributed by atoms with Gasteiger partial charge in [-0.15, -0.1) is 11.6 Å². The molecular weight excluding hydrogens is 243 g/mol. The smallest absolute Gasteiger partial charge is 0.0817 e. The van der Waals surface area contributed by atoms with Gasteiger partial charge in [-0.3, -0.25) is 4.68 Å². The molecule has 0 aromatic carbocycles. The third kappa shape index (κ3) is 3.39. The first-order valence-corrected chi connectivity index (χ1v) is 6.60. The Morgan fingerprint density at radius 3 is 2.44 bits per heavy atom. The van der Waals surface area contributed by atoms with Gasteiger partial charge in [-0.1, -0.05) is 25.4 Å². The summed E-state index contributed by atoms with van der Waals surface area (Å²) in [6.45, 7) is 8.49. The van der Waals surface area contributed by atoms with Crippen LogP contribution in [0.5, 0.6) is 0 Å². The lowest BCUT2D eigenvalue weighted by molar-refractivity contribution is 0.493. The van der Waals surface area contributed by atoms with Crippen molar-refractivity contribution in [1.82, 2.24) is 9.78 Å². The van der Waals surface area contributed by atoms with Crippen LogP contribution in [0.3, 0.4) is 0 Å². The summed E-state index contributed by atoms with van der Waals surface area (Å²) in [7, 11) is 0. The van der Waals surface area contributed by atoms with Crippen LogP contribution in [0, 0.1) is 5.92 Å². The SMILES string of the molecule is CC(C)C(Cl)CCc1c(Cl)cnn1C(C)C. The molecular formula is C12H20Cl2N2. The summed E-state index contributed by atoms with van der Waals surface area (Å²) in [5.74, 6) is 0.496. The molecule has 0 aliphatic carbocycles. The molecule has 0 saturated carbocycles. The van der Waals surface area contributed by atoms with Crippen LogP contribution in [0.4, 0.5) is 0 Å². The fourth-order valence-corrected chi connectivity index (χ4v) is 1.99. The number of rotatable bonds is 5. The molecule has 1 unspecified atom stereocenters. The van der Waals surface area contributed by atoms with Crippen molar-refractivity contribution in [3.05, 3.63) is 16.9 Å². The number of nitrogens with zero attached hydrogens (tertiary/aromatic N) is 2. The molecule has 1 aromatic rings. The van der Waals surface area contributed by atoms with Crippen molar-refractivity contribution >= 4 is 23.2 Å². The average molecular weight is 263 g/mol. The standard InChI is InChI=1S/C12H20Cl2N2/c1-8(2)10(13)5-6-12-11(14)7-15-16(12)9(3)4/h7-10H,5-6H2,1-4H3. The second-order valence-corrected chi connectivity index (χ2v) is 5.74. The summed E-state index contributed by atoms with van der Waals surface area (Å²) >= 11 is 12.4. The Bertz CT molecular complexity index is 332. The van der Waals surface area contributed by atoms with Gasteiger partial charge in [0.25, 0.3) is 0 Å². The predicted octanol–water partition coefficient (Wildman–Crippen LogP) is 4.31. The fraction of sp³-hybridized carbons (Fsp3) is 0.750. The summed E-state index contributed by atoms with van der Waals surface area (Å²) in [6, 6.07) is 0.343.